The van der Waals surface area contributed by atoms with Crippen molar-refractivity contribution in [3.05, 3.63) is 0 Å². The van der Waals surface area contributed by atoms with E-state index >= 15 is 0 Å². The zero-order chi connectivity index (χ0) is 7.11. The van der Waals surface area contributed by atoms with Gasteiger partial charge in [0.25, 0.3) is 0 Å². The Hall–Kier alpha value is -0.320. The molecule has 10 heavy (non-hydrogen) atoms. The number of carbonyl (C=O) groups excluding carboxylic acids is 1. The van der Waals surface area contributed by atoms with E-state index in [9.17, 15) is 4.79 Å². The van der Waals surface area contributed by atoms with Crippen LogP contribution >= 0.6 is 12.4 Å². The second kappa shape index (κ2) is 8.68. The molecule has 0 aliphatic carbocycles. The monoisotopic (exact) mass is 168 g/mol. The van der Waals surface area contributed by atoms with E-state index in [1.807, 2.05) is 0 Å². The van der Waals surface area contributed by atoms with Gasteiger partial charge in [-0.15, -0.1) is 12.4 Å². The van der Waals surface area contributed by atoms with E-state index in [0.29, 0.717) is 19.5 Å². The van der Waals surface area contributed by atoms with Gasteiger partial charge in [-0.2, -0.15) is 5.48 Å². The van der Waals surface area contributed by atoms with Crippen LogP contribution in [0.1, 0.15) is 13.3 Å². The van der Waals surface area contributed by atoms with E-state index in [1.165, 1.54) is 0 Å². The average Bonchev–Trinajstić information content (AvgIpc) is 1.89. The Morgan fingerprint density at radius 1 is 1.70 bits per heavy atom. The van der Waals surface area contributed by atoms with Crippen molar-refractivity contribution < 1.29 is 9.63 Å². The number of halogens is 1. The van der Waals surface area contributed by atoms with Crippen LogP contribution in [0.4, 0.5) is 0 Å². The Kier molecular flexibility index (Phi) is 10.7. The summed E-state index contributed by atoms with van der Waals surface area (Å²) >= 11 is 0. The molecule has 3 N–H and O–H groups in total. The molecule has 0 aromatic carbocycles. The molecule has 0 aliphatic heterocycles. The first-order valence-electron chi connectivity index (χ1n) is 2.93. The molecular weight excluding hydrogens is 156 g/mol. The minimum Gasteiger partial charge on any atom is -0.371 e. The number of rotatable bonds is 4. The lowest BCUT2D eigenvalue weighted by molar-refractivity contribution is -0.150. The summed E-state index contributed by atoms with van der Waals surface area (Å²) in [5.41, 5.74) is 7.51. The number of nitrogens with two attached hydrogens (primary N) is 1. The molecule has 0 saturated carbocycles. The van der Waals surface area contributed by atoms with Crippen molar-refractivity contribution in [1.29, 1.82) is 0 Å². The molecule has 0 bridgehead atoms. The molecule has 5 heteroatoms. The van der Waals surface area contributed by atoms with Crippen LogP contribution in [0.2, 0.25) is 0 Å². The second-order valence-corrected chi connectivity index (χ2v) is 1.51. The van der Waals surface area contributed by atoms with Crippen molar-refractivity contribution in [2.24, 2.45) is 5.73 Å². The van der Waals surface area contributed by atoms with Gasteiger partial charge in [-0.3, -0.25) is 4.79 Å². The van der Waals surface area contributed by atoms with Crippen molar-refractivity contribution >= 4 is 18.4 Å². The van der Waals surface area contributed by atoms with E-state index in [4.69, 9.17) is 5.73 Å². The smallest absolute Gasteiger partial charge is 0.324 e. The third-order valence-electron chi connectivity index (χ3n) is 0.721. The maximum atomic E-state index is 10.4. The van der Waals surface area contributed by atoms with Gasteiger partial charge in [0.05, 0.1) is 0 Å². The van der Waals surface area contributed by atoms with E-state index in [-0.39, 0.29) is 18.4 Å². The van der Waals surface area contributed by atoms with E-state index < -0.39 is 0 Å². The number of hydrogen-bond acceptors (Lipinski definition) is 4. The van der Waals surface area contributed by atoms with Gasteiger partial charge in [0.2, 0.25) is 0 Å². The summed E-state index contributed by atoms with van der Waals surface area (Å²) in [7, 11) is 0. The predicted molar refractivity (Wildman–Crippen MR) is 40.7 cm³/mol. The Labute approximate surface area is 66.5 Å². The molecule has 0 spiro atoms. The quantitative estimate of drug-likeness (QED) is 0.452. The zero-order valence-electron chi connectivity index (χ0n) is 5.92. The maximum absolute atomic E-state index is 10.4. The summed E-state index contributed by atoms with van der Waals surface area (Å²) in [6.07, 6.45) is 0.386. The minimum absolute atomic E-state index is 0. The molecule has 0 atom stereocenters. The van der Waals surface area contributed by atoms with Gasteiger partial charge in [0, 0.05) is 19.5 Å². The fourth-order valence-electron chi connectivity index (χ4n) is 0.263. The summed E-state index contributed by atoms with van der Waals surface area (Å²) in [5.74, 6) is -0.261. The molecule has 0 heterocycles. The summed E-state index contributed by atoms with van der Waals surface area (Å²) in [6.45, 7) is 2.70. The van der Waals surface area contributed by atoms with Crippen molar-refractivity contribution in [3.63, 3.8) is 0 Å². The molecule has 0 saturated heterocycles. The Bertz CT molecular complexity index is 89.7. The Morgan fingerprint density at radius 2 is 2.30 bits per heavy atom. The van der Waals surface area contributed by atoms with Crippen LogP contribution in [-0.2, 0) is 9.63 Å². The third kappa shape index (κ3) is 7.68. The summed E-state index contributed by atoms with van der Waals surface area (Å²) in [5, 5.41) is 0. The first-order chi connectivity index (χ1) is 4.31. The van der Waals surface area contributed by atoms with Gasteiger partial charge in [0.1, 0.15) is 0 Å². The fourth-order valence-corrected chi connectivity index (χ4v) is 0.263. The maximum Gasteiger partial charge on any atom is 0.324 e. The van der Waals surface area contributed by atoms with Crippen LogP contribution in [-0.4, -0.2) is 19.1 Å². The predicted octanol–water partition coefficient (Wildman–Crippen LogP) is -0.175. The van der Waals surface area contributed by atoms with E-state index in [2.05, 4.69) is 10.3 Å². The second-order valence-electron chi connectivity index (χ2n) is 1.51. The highest BCUT2D eigenvalue weighted by molar-refractivity contribution is 5.85. The highest BCUT2D eigenvalue weighted by atomic mass is 35.5. The van der Waals surface area contributed by atoms with Crippen molar-refractivity contribution in [2.75, 3.05) is 13.1 Å². The molecular formula is C5H13ClN2O2. The fraction of sp³-hybridized carbons (Fsp3) is 0.800. The normalized spacial score (nSPS) is 8.20. The van der Waals surface area contributed by atoms with E-state index in [1.54, 1.807) is 6.92 Å². The van der Waals surface area contributed by atoms with Crippen molar-refractivity contribution in [1.82, 2.24) is 5.48 Å². The molecule has 0 fully saturated rings. The molecule has 0 unspecified atom stereocenters. The molecule has 62 valence electrons. The van der Waals surface area contributed by atoms with Gasteiger partial charge >= 0.3 is 5.97 Å². The van der Waals surface area contributed by atoms with Crippen molar-refractivity contribution in [3.8, 4) is 0 Å². The van der Waals surface area contributed by atoms with Crippen LogP contribution in [0.5, 0.6) is 0 Å². The first-order valence-corrected chi connectivity index (χ1v) is 2.93. The van der Waals surface area contributed by atoms with Crippen LogP contribution < -0.4 is 11.2 Å². The van der Waals surface area contributed by atoms with E-state index in [0.717, 1.165) is 0 Å². The number of carbonyl (C=O) groups is 1. The topological polar surface area (TPSA) is 64.3 Å². The van der Waals surface area contributed by atoms with Crippen LogP contribution in [0.3, 0.4) is 0 Å². The van der Waals surface area contributed by atoms with Crippen LogP contribution in [0, 0.1) is 0 Å². The summed E-state index contributed by atoms with van der Waals surface area (Å²) < 4.78 is 0. The Morgan fingerprint density at radius 3 is 2.70 bits per heavy atom. The highest BCUT2D eigenvalue weighted by Gasteiger charge is 1.94. The summed E-state index contributed by atoms with van der Waals surface area (Å²) in [6, 6.07) is 0. The lowest BCUT2D eigenvalue weighted by Gasteiger charge is -2.00. The van der Waals surface area contributed by atoms with Gasteiger partial charge in [-0.1, -0.05) is 6.92 Å². The molecule has 0 aliphatic rings. The lowest BCUT2D eigenvalue weighted by atomic mass is 10.5. The third-order valence-corrected chi connectivity index (χ3v) is 0.721. The van der Waals surface area contributed by atoms with Gasteiger partial charge in [-0.05, 0) is 0 Å². The molecule has 0 aromatic rings. The molecule has 4 nitrogen and oxygen atoms in total. The number of hydroxylamine groups is 1. The van der Waals surface area contributed by atoms with Gasteiger partial charge < -0.3 is 10.6 Å². The molecule has 0 amide bonds. The van der Waals surface area contributed by atoms with Crippen LogP contribution in [0.25, 0.3) is 0 Å². The van der Waals surface area contributed by atoms with Crippen molar-refractivity contribution in [2.45, 2.75) is 13.3 Å². The Balaban J connectivity index is 0. The average molecular weight is 169 g/mol. The minimum atomic E-state index is -0.261. The molecule has 0 aromatic heterocycles. The van der Waals surface area contributed by atoms with Gasteiger partial charge in [0.15, 0.2) is 0 Å². The largest absolute Gasteiger partial charge is 0.371 e. The summed E-state index contributed by atoms with van der Waals surface area (Å²) in [4.78, 5) is 14.8. The van der Waals surface area contributed by atoms with Crippen LogP contribution in [0.15, 0.2) is 0 Å². The SMILES string of the molecule is CCC(=O)ONCCN.Cl. The molecule has 0 radical (unpaired) electrons. The van der Waals surface area contributed by atoms with Gasteiger partial charge in [-0.25, -0.2) is 0 Å². The standard InChI is InChI=1S/C5H12N2O2.ClH/c1-2-5(8)9-7-4-3-6;/h7H,2-4,6H2,1H3;1H. The lowest BCUT2D eigenvalue weighted by Crippen LogP contribution is -2.25. The number of nitrogens with one attached hydrogen (secondary N) is 1. The number of hydrogen-bond donors (Lipinski definition) is 2. The zero-order valence-corrected chi connectivity index (χ0v) is 6.74. The molecule has 0 rings (SSSR count). The highest BCUT2D eigenvalue weighted by Crippen LogP contribution is 1.77. The first kappa shape index (κ1) is 12.4.